The topological polar surface area (TPSA) is 352 Å². The number of aliphatic imine (C=N–C) groups is 1. The van der Waals surface area contributed by atoms with E-state index in [9.17, 15) is 42.0 Å². The summed E-state index contributed by atoms with van der Waals surface area (Å²) < 4.78 is 35.8. The summed E-state index contributed by atoms with van der Waals surface area (Å²) in [5.41, 5.74) is 11.4. The third-order valence-corrected chi connectivity index (χ3v) is 13.7. The summed E-state index contributed by atoms with van der Waals surface area (Å²) in [6.45, 7) is 12.9. The normalized spacial score (nSPS) is 15.1. The number of amides is 7. The lowest BCUT2D eigenvalue weighted by Crippen LogP contribution is -2.59. The molecule has 0 saturated carbocycles. The minimum absolute atomic E-state index is 0.0158. The van der Waals surface area contributed by atoms with Crippen molar-refractivity contribution in [1.82, 2.24) is 52.0 Å². The molecular weight excluding hydrogens is 947 g/mol. The van der Waals surface area contributed by atoms with Crippen LogP contribution in [0.2, 0.25) is 0 Å². The van der Waals surface area contributed by atoms with E-state index >= 15 is 0 Å². The molecule has 7 amide bonds. The quantitative estimate of drug-likeness (QED) is 0.00995. The van der Waals surface area contributed by atoms with E-state index in [0.29, 0.717) is 34.6 Å². The van der Waals surface area contributed by atoms with Crippen LogP contribution in [-0.4, -0.2) is 120 Å². The number of nitrogens with two attached hydrogens (primary N) is 2. The number of nitrogens with one attached hydrogen (secondary N) is 9. The van der Waals surface area contributed by atoms with Crippen LogP contribution in [0.5, 0.6) is 5.75 Å². The Labute approximate surface area is 411 Å². The fraction of sp³-hybridized carbons (Fsp3) is 0.489. The van der Waals surface area contributed by atoms with Crippen LogP contribution in [0.25, 0.3) is 0 Å². The van der Waals surface area contributed by atoms with Gasteiger partial charge in [-0.05, 0) is 76.6 Å². The molecule has 25 heteroatoms. The lowest BCUT2D eigenvalue weighted by atomic mass is 9.94. The van der Waals surface area contributed by atoms with Crippen LogP contribution in [0.3, 0.4) is 0 Å². The fourth-order valence-electron chi connectivity index (χ4n) is 7.60. The summed E-state index contributed by atoms with van der Waals surface area (Å²) in [5.74, 6) is 1.00. The van der Waals surface area contributed by atoms with Gasteiger partial charge in [-0.2, -0.15) is 0 Å². The van der Waals surface area contributed by atoms with Gasteiger partial charge < -0.3 is 47.4 Å². The zero-order valence-electron chi connectivity index (χ0n) is 40.5. The number of hydrogen-bond donors (Lipinski definition) is 11. The molecule has 5 atom stereocenters. The van der Waals surface area contributed by atoms with Crippen LogP contribution >= 0.6 is 11.8 Å². The zero-order valence-corrected chi connectivity index (χ0v) is 42.2. The average Bonchev–Trinajstić information content (AvgIpc) is 3.93. The molecule has 23 nitrogen and oxygen atoms in total. The molecule has 70 heavy (non-hydrogen) atoms. The first-order valence-corrected chi connectivity index (χ1v) is 25.0. The van der Waals surface area contributed by atoms with Crippen molar-refractivity contribution in [3.63, 3.8) is 0 Å². The van der Waals surface area contributed by atoms with Crippen LogP contribution < -0.4 is 58.4 Å². The number of rotatable bonds is 24. The fourth-order valence-corrected chi connectivity index (χ4v) is 10.0. The minimum atomic E-state index is -4.18. The van der Waals surface area contributed by atoms with Gasteiger partial charge in [-0.25, -0.2) is 24.0 Å². The molecule has 2 aromatic carbocycles. The number of carbonyl (C=O) groups excluding carboxylic acids is 7. The number of sulfonamides is 1. The van der Waals surface area contributed by atoms with Crippen molar-refractivity contribution < 1.29 is 46.7 Å². The predicted octanol–water partition coefficient (Wildman–Crippen LogP) is -0.812. The monoisotopic (exact) mass is 1010 g/mol. The number of nitrogens with zero attached hydrogens (tertiary/aromatic N) is 2. The molecule has 0 spiro atoms. The Morgan fingerprint density at radius 1 is 0.829 bits per heavy atom. The summed E-state index contributed by atoms with van der Waals surface area (Å²) in [7, 11) is -4.18. The summed E-state index contributed by atoms with van der Waals surface area (Å²) >= 11 is 1.09. The molecule has 1 aliphatic rings. The van der Waals surface area contributed by atoms with Gasteiger partial charge in [0.25, 0.3) is 15.9 Å². The lowest BCUT2D eigenvalue weighted by Gasteiger charge is -2.26. The molecule has 1 aliphatic heterocycles. The number of ether oxygens (including phenoxy) is 1. The summed E-state index contributed by atoms with van der Waals surface area (Å²) in [4.78, 5) is 103. The number of carbonyl (C=O) groups is 7. The standard InChI is InChI=1S/C45H65N13O10S2/c1-24-25(2)38(26(3)32-19-45(7,8)68-37(24)32)70(66,67)58-44(46)49-16-12-15-33(53-29(6)60)40(62)56-36(21-69-23-51-28(5)59)42(64)52-27(4)39(61)54-35(18-31-20-48-22-50-31)41(63)55-34(43(65)57-47)17-30-13-10-9-11-14-30/h9-11,13-14,20,22,27,33-36H,12,15-19,21,23,47H2,1-8H3,(H,48,50)(H,51,59)(H,52,64)(H,53,60)(H,54,61)(H,55,63)(H,56,62)(H,57,65)(H3,46,49,58)/t27-,33+,34-,35+,36+/m1/s1. The third kappa shape index (κ3) is 16.2. The highest BCUT2D eigenvalue weighted by molar-refractivity contribution is 7.99. The van der Waals surface area contributed by atoms with Gasteiger partial charge in [0.2, 0.25) is 41.4 Å². The van der Waals surface area contributed by atoms with Crippen LogP contribution in [0.15, 0.2) is 52.7 Å². The Morgan fingerprint density at radius 3 is 2.09 bits per heavy atom. The number of H-pyrrole nitrogens is 1. The molecule has 2 heterocycles. The Hall–Kier alpha value is -6.73. The SMILES string of the molecule is CC(=O)NCSC[C@H](NC(=O)[C@H](CCCN=C(N)NS(=O)(=O)c1c(C)c(C)c2c(c1C)CC(C)(C)O2)NC(C)=O)C(=O)N[C@H](C)C(=O)N[C@@H](Cc1cnc[nH]1)C(=O)N[C@H](Cc1ccccc1)C(=O)NN. The molecule has 382 valence electrons. The molecule has 1 aromatic heterocycles. The Balaban J connectivity index is 1.43. The van der Waals surface area contributed by atoms with Gasteiger partial charge >= 0.3 is 0 Å². The smallest absolute Gasteiger partial charge is 0.264 e. The Kier molecular flexibility index (Phi) is 20.1. The van der Waals surface area contributed by atoms with Gasteiger partial charge in [0.1, 0.15) is 41.6 Å². The van der Waals surface area contributed by atoms with Crippen molar-refractivity contribution >= 4 is 69.1 Å². The van der Waals surface area contributed by atoms with Crippen LogP contribution in [0.1, 0.15) is 81.0 Å². The molecule has 0 unspecified atom stereocenters. The minimum Gasteiger partial charge on any atom is -0.487 e. The molecule has 4 rings (SSSR count). The summed E-state index contributed by atoms with van der Waals surface area (Å²) in [6, 6.07) is 2.69. The molecule has 13 N–H and O–H groups in total. The second-order valence-corrected chi connectivity index (χ2v) is 20.1. The largest absolute Gasteiger partial charge is 0.487 e. The number of hydrazine groups is 1. The van der Waals surface area contributed by atoms with Gasteiger partial charge in [-0.1, -0.05) is 30.3 Å². The van der Waals surface area contributed by atoms with Crippen molar-refractivity contribution in [1.29, 1.82) is 0 Å². The Bertz CT molecular complexity index is 2520. The van der Waals surface area contributed by atoms with Crippen LogP contribution in [-0.2, 0) is 62.8 Å². The first-order chi connectivity index (χ1) is 32.9. The molecule has 0 radical (unpaired) electrons. The summed E-state index contributed by atoms with van der Waals surface area (Å²) in [5, 5.41) is 15.6. The van der Waals surface area contributed by atoms with Crippen molar-refractivity contribution in [2.75, 3.05) is 18.2 Å². The van der Waals surface area contributed by atoms with E-state index in [1.165, 1.54) is 33.3 Å². The number of imidazole rings is 1. The second-order valence-electron chi connectivity index (χ2n) is 17.5. The predicted molar refractivity (Wildman–Crippen MR) is 262 cm³/mol. The van der Waals surface area contributed by atoms with E-state index in [0.717, 1.165) is 22.9 Å². The molecule has 0 aliphatic carbocycles. The van der Waals surface area contributed by atoms with Crippen molar-refractivity contribution in [3.05, 3.63) is 76.4 Å². The zero-order chi connectivity index (χ0) is 51.9. The third-order valence-electron chi connectivity index (χ3n) is 11.2. The number of aromatic amines is 1. The van der Waals surface area contributed by atoms with E-state index < -0.39 is 81.3 Å². The molecule has 0 saturated heterocycles. The van der Waals surface area contributed by atoms with Crippen molar-refractivity contribution in [2.45, 2.75) is 128 Å². The maximum Gasteiger partial charge on any atom is 0.264 e. The number of guanidine groups is 1. The van der Waals surface area contributed by atoms with Crippen molar-refractivity contribution in [3.8, 4) is 5.75 Å². The highest BCUT2D eigenvalue weighted by atomic mass is 32.2. The highest BCUT2D eigenvalue weighted by Crippen LogP contribution is 2.43. The van der Waals surface area contributed by atoms with Crippen LogP contribution in [0, 0.1) is 20.8 Å². The highest BCUT2D eigenvalue weighted by Gasteiger charge is 2.37. The maximum absolute atomic E-state index is 13.8. The number of aromatic nitrogens is 2. The van der Waals surface area contributed by atoms with Gasteiger partial charge in [0.15, 0.2) is 0 Å². The van der Waals surface area contributed by atoms with Gasteiger partial charge in [-0.3, -0.25) is 44.0 Å². The van der Waals surface area contributed by atoms with Crippen LogP contribution in [0.4, 0.5) is 0 Å². The van der Waals surface area contributed by atoms with Crippen molar-refractivity contribution in [2.24, 2.45) is 16.6 Å². The number of hydrogen-bond acceptors (Lipinski definition) is 14. The maximum atomic E-state index is 13.8. The average molecular weight is 1010 g/mol. The first kappa shape index (κ1) is 55.9. The first-order valence-electron chi connectivity index (χ1n) is 22.4. The van der Waals surface area contributed by atoms with Gasteiger partial charge in [0, 0.05) is 62.9 Å². The number of benzene rings is 2. The molecule has 0 bridgehead atoms. The molecule has 3 aromatic rings. The van der Waals surface area contributed by atoms with Gasteiger partial charge in [0.05, 0.1) is 17.1 Å². The number of fused-ring (bicyclic) bond motifs is 1. The van der Waals surface area contributed by atoms with E-state index in [4.69, 9.17) is 16.3 Å². The van der Waals surface area contributed by atoms with E-state index in [1.807, 2.05) is 19.3 Å². The molecule has 0 fully saturated rings. The van der Waals surface area contributed by atoms with Gasteiger partial charge in [-0.15, -0.1) is 11.8 Å². The van der Waals surface area contributed by atoms with E-state index in [2.05, 4.69) is 51.6 Å². The Morgan fingerprint density at radius 2 is 1.46 bits per heavy atom. The van der Waals surface area contributed by atoms with E-state index in [-0.39, 0.29) is 60.6 Å². The second kappa shape index (κ2) is 25.2. The molecular formula is C45H65N13O10S2. The summed E-state index contributed by atoms with van der Waals surface area (Å²) in [6.07, 6.45) is 3.48. The van der Waals surface area contributed by atoms with E-state index in [1.54, 1.807) is 51.1 Å². The lowest BCUT2D eigenvalue weighted by molar-refractivity contribution is -0.134. The number of thioether (sulfide) groups is 1.